The van der Waals surface area contributed by atoms with E-state index in [0.29, 0.717) is 13.0 Å². The van der Waals surface area contributed by atoms with Crippen molar-refractivity contribution in [3.63, 3.8) is 0 Å². The summed E-state index contributed by atoms with van der Waals surface area (Å²) in [5.74, 6) is -0.821. The molecule has 3 aromatic rings. The Morgan fingerprint density at radius 3 is 2.12 bits per heavy atom. The predicted molar refractivity (Wildman–Crippen MR) is 161 cm³/mol. The molecule has 0 aliphatic heterocycles. The van der Waals surface area contributed by atoms with Gasteiger partial charge in [-0.25, -0.2) is 8.42 Å². The summed E-state index contributed by atoms with van der Waals surface area (Å²) >= 11 is 12.5. The third kappa shape index (κ3) is 7.77. The van der Waals surface area contributed by atoms with Crippen LogP contribution in [0.5, 0.6) is 0 Å². The molecule has 3 aromatic carbocycles. The molecule has 0 saturated heterocycles. The zero-order chi connectivity index (χ0) is 29.4. The standard InChI is InChI=1S/C30H35Cl2N3O4S/c1-5-15-33-30(37)28(6-2)34(19-23-10-8-7-9-22(23)4)29(36)20-35(26-17-24(31)16-25(32)18-26)40(38,39)27-13-11-21(3)12-14-27/h7-14,16-18,28H,5-6,15,19-20H2,1-4H3,(H,33,37). The minimum atomic E-state index is -4.21. The summed E-state index contributed by atoms with van der Waals surface area (Å²) in [5.41, 5.74) is 2.85. The van der Waals surface area contributed by atoms with E-state index in [9.17, 15) is 18.0 Å². The van der Waals surface area contributed by atoms with E-state index in [4.69, 9.17) is 23.2 Å². The van der Waals surface area contributed by atoms with Gasteiger partial charge in [-0.3, -0.25) is 13.9 Å². The number of benzene rings is 3. The lowest BCUT2D eigenvalue weighted by atomic mass is 10.1. The number of aryl methyl sites for hydroxylation is 2. The molecular weight excluding hydrogens is 569 g/mol. The Balaban J connectivity index is 2.10. The third-order valence-electron chi connectivity index (χ3n) is 6.56. The molecule has 7 nitrogen and oxygen atoms in total. The summed E-state index contributed by atoms with van der Waals surface area (Å²) in [4.78, 5) is 28.7. The molecule has 0 aromatic heterocycles. The molecule has 0 bridgehead atoms. The van der Waals surface area contributed by atoms with Crippen molar-refractivity contribution in [3.05, 3.63) is 93.5 Å². The maximum atomic E-state index is 14.1. The lowest BCUT2D eigenvalue weighted by molar-refractivity contribution is -0.140. The Labute approximate surface area is 247 Å². The van der Waals surface area contributed by atoms with Crippen LogP contribution in [0.1, 0.15) is 43.4 Å². The number of amides is 2. The molecule has 1 N–H and O–H groups in total. The Morgan fingerprint density at radius 1 is 0.925 bits per heavy atom. The second-order valence-corrected chi connectivity index (χ2v) is 12.4. The molecule has 0 fully saturated rings. The molecule has 0 spiro atoms. The number of carbonyl (C=O) groups excluding carboxylic acids is 2. The smallest absolute Gasteiger partial charge is 0.264 e. The van der Waals surface area contributed by atoms with Gasteiger partial charge in [0.05, 0.1) is 10.6 Å². The van der Waals surface area contributed by atoms with Crippen molar-refractivity contribution in [1.82, 2.24) is 10.2 Å². The van der Waals surface area contributed by atoms with E-state index < -0.39 is 28.5 Å². The number of hydrogen-bond donors (Lipinski definition) is 1. The van der Waals surface area contributed by atoms with Crippen LogP contribution in [0.3, 0.4) is 0 Å². The van der Waals surface area contributed by atoms with Crippen LogP contribution in [0.4, 0.5) is 5.69 Å². The molecule has 10 heteroatoms. The monoisotopic (exact) mass is 603 g/mol. The second kappa shape index (κ2) is 14.0. The molecular formula is C30H35Cl2N3O4S. The number of hydrogen-bond acceptors (Lipinski definition) is 4. The maximum Gasteiger partial charge on any atom is 0.264 e. The molecule has 0 aliphatic carbocycles. The van der Waals surface area contributed by atoms with E-state index in [1.54, 1.807) is 12.1 Å². The van der Waals surface area contributed by atoms with Crippen LogP contribution in [0.25, 0.3) is 0 Å². The first kappa shape index (κ1) is 31.5. The van der Waals surface area contributed by atoms with Crippen molar-refractivity contribution in [1.29, 1.82) is 0 Å². The second-order valence-electron chi connectivity index (χ2n) is 9.62. The van der Waals surface area contributed by atoms with Crippen LogP contribution < -0.4 is 9.62 Å². The van der Waals surface area contributed by atoms with Crippen molar-refractivity contribution < 1.29 is 18.0 Å². The van der Waals surface area contributed by atoms with Gasteiger partial charge in [-0.15, -0.1) is 0 Å². The Morgan fingerprint density at radius 2 is 1.55 bits per heavy atom. The highest BCUT2D eigenvalue weighted by Gasteiger charge is 2.34. The average Bonchev–Trinajstić information content (AvgIpc) is 2.90. The van der Waals surface area contributed by atoms with E-state index in [1.165, 1.54) is 35.2 Å². The van der Waals surface area contributed by atoms with E-state index in [0.717, 1.165) is 27.4 Å². The lowest BCUT2D eigenvalue weighted by Gasteiger charge is -2.33. The van der Waals surface area contributed by atoms with Gasteiger partial charge in [-0.1, -0.05) is 79.0 Å². The Hall–Kier alpha value is -3.07. The fraction of sp³-hybridized carbons (Fsp3) is 0.333. The molecule has 0 aliphatic rings. The average molecular weight is 605 g/mol. The highest BCUT2D eigenvalue weighted by molar-refractivity contribution is 7.92. The predicted octanol–water partition coefficient (Wildman–Crippen LogP) is 6.14. The number of rotatable bonds is 12. The first-order valence-corrected chi connectivity index (χ1v) is 15.3. The minimum absolute atomic E-state index is 0.0141. The summed E-state index contributed by atoms with van der Waals surface area (Å²) < 4.78 is 28.9. The number of halogens is 2. The topological polar surface area (TPSA) is 86.8 Å². The van der Waals surface area contributed by atoms with Gasteiger partial charge in [-0.05, 0) is 68.1 Å². The maximum absolute atomic E-state index is 14.1. The molecule has 3 rings (SSSR count). The van der Waals surface area contributed by atoms with Crippen LogP contribution in [0.15, 0.2) is 71.6 Å². The van der Waals surface area contributed by atoms with Gasteiger partial charge in [0.2, 0.25) is 11.8 Å². The van der Waals surface area contributed by atoms with E-state index in [2.05, 4.69) is 5.32 Å². The summed E-state index contributed by atoms with van der Waals surface area (Å²) in [7, 11) is -4.21. The van der Waals surface area contributed by atoms with Gasteiger partial charge >= 0.3 is 0 Å². The van der Waals surface area contributed by atoms with Crippen LogP contribution in [-0.4, -0.2) is 44.3 Å². The highest BCUT2D eigenvalue weighted by atomic mass is 35.5. The molecule has 40 heavy (non-hydrogen) atoms. The largest absolute Gasteiger partial charge is 0.354 e. The zero-order valence-corrected chi connectivity index (χ0v) is 25.5. The minimum Gasteiger partial charge on any atom is -0.354 e. The summed E-state index contributed by atoms with van der Waals surface area (Å²) in [6, 6.07) is 17.5. The van der Waals surface area contributed by atoms with Crippen molar-refractivity contribution >= 4 is 50.7 Å². The van der Waals surface area contributed by atoms with Crippen molar-refractivity contribution in [2.45, 2.75) is 58.0 Å². The Bertz CT molecular complexity index is 1430. The van der Waals surface area contributed by atoms with E-state index in [1.807, 2.05) is 52.0 Å². The third-order valence-corrected chi connectivity index (χ3v) is 8.78. The van der Waals surface area contributed by atoms with Gasteiger partial charge < -0.3 is 10.2 Å². The lowest BCUT2D eigenvalue weighted by Crippen LogP contribution is -2.52. The molecule has 0 saturated carbocycles. The summed E-state index contributed by atoms with van der Waals surface area (Å²) in [6.45, 7) is 7.60. The van der Waals surface area contributed by atoms with Crippen LogP contribution in [0.2, 0.25) is 10.0 Å². The molecule has 1 unspecified atom stereocenters. The normalized spacial score (nSPS) is 12.1. The van der Waals surface area contributed by atoms with Crippen molar-refractivity contribution in [3.8, 4) is 0 Å². The first-order valence-electron chi connectivity index (χ1n) is 13.1. The number of anilines is 1. The Kier molecular flexibility index (Phi) is 11.0. The van der Waals surface area contributed by atoms with Crippen molar-refractivity contribution in [2.24, 2.45) is 0 Å². The number of nitrogens with zero attached hydrogens (tertiary/aromatic N) is 2. The first-order chi connectivity index (χ1) is 19.0. The SMILES string of the molecule is CCCNC(=O)C(CC)N(Cc1ccccc1C)C(=O)CN(c1cc(Cl)cc(Cl)c1)S(=O)(=O)c1ccc(C)cc1. The molecule has 1 atom stereocenters. The molecule has 214 valence electrons. The summed E-state index contributed by atoms with van der Waals surface area (Å²) in [5, 5.41) is 3.33. The van der Waals surface area contributed by atoms with Crippen LogP contribution in [-0.2, 0) is 26.2 Å². The number of sulfonamides is 1. The van der Waals surface area contributed by atoms with Gasteiger partial charge in [0.15, 0.2) is 0 Å². The zero-order valence-electron chi connectivity index (χ0n) is 23.2. The van der Waals surface area contributed by atoms with E-state index >= 15 is 0 Å². The number of carbonyl (C=O) groups is 2. The van der Waals surface area contributed by atoms with Gasteiger partial charge in [-0.2, -0.15) is 0 Å². The van der Waals surface area contributed by atoms with Crippen molar-refractivity contribution in [2.75, 3.05) is 17.4 Å². The fourth-order valence-electron chi connectivity index (χ4n) is 4.31. The van der Waals surface area contributed by atoms with Gasteiger partial charge in [0.25, 0.3) is 10.0 Å². The summed E-state index contributed by atoms with van der Waals surface area (Å²) in [6.07, 6.45) is 1.09. The van der Waals surface area contributed by atoms with Gasteiger partial charge in [0, 0.05) is 23.1 Å². The van der Waals surface area contributed by atoms with Gasteiger partial charge in [0.1, 0.15) is 12.6 Å². The molecule has 0 radical (unpaired) electrons. The number of nitrogens with one attached hydrogen (secondary N) is 1. The van der Waals surface area contributed by atoms with E-state index in [-0.39, 0.29) is 33.1 Å². The molecule has 2 amide bonds. The fourth-order valence-corrected chi connectivity index (χ4v) is 6.22. The quantitative estimate of drug-likeness (QED) is 0.269. The highest BCUT2D eigenvalue weighted by Crippen LogP contribution is 2.30. The van der Waals surface area contributed by atoms with Crippen LogP contribution >= 0.6 is 23.2 Å². The molecule has 0 heterocycles. The van der Waals surface area contributed by atoms with Crippen LogP contribution in [0, 0.1) is 13.8 Å².